The molecule has 0 spiro atoms. The lowest BCUT2D eigenvalue weighted by molar-refractivity contribution is 0.278. The zero-order valence-corrected chi connectivity index (χ0v) is 6.06. The molecule has 0 aromatic heterocycles. The minimum Gasteiger partial charge on any atom is -0.0850 e. The molecule has 0 aromatic carbocycles. The molecule has 1 fully saturated rings. The zero-order chi connectivity index (χ0) is 6.27. The molecule has 2 atom stereocenters. The SMILES string of the molecule is CC1CC2=CCC1CC2. The van der Waals surface area contributed by atoms with Crippen LogP contribution in [-0.2, 0) is 0 Å². The second-order valence-corrected chi connectivity index (χ2v) is 3.58. The third-order valence-corrected chi connectivity index (χ3v) is 2.93. The van der Waals surface area contributed by atoms with Crippen LogP contribution in [-0.4, -0.2) is 0 Å². The van der Waals surface area contributed by atoms with Crippen molar-refractivity contribution in [3.63, 3.8) is 0 Å². The van der Waals surface area contributed by atoms with Crippen molar-refractivity contribution in [1.29, 1.82) is 0 Å². The van der Waals surface area contributed by atoms with Gasteiger partial charge in [-0.3, -0.25) is 0 Å². The smallest absolute Gasteiger partial charge is 0.0292 e. The van der Waals surface area contributed by atoms with Crippen molar-refractivity contribution in [1.82, 2.24) is 0 Å². The lowest BCUT2D eigenvalue weighted by Gasteiger charge is -2.34. The van der Waals surface area contributed by atoms with Gasteiger partial charge in [-0.2, -0.15) is 0 Å². The van der Waals surface area contributed by atoms with E-state index in [1.165, 1.54) is 25.7 Å². The Morgan fingerprint density at radius 2 is 2.44 bits per heavy atom. The van der Waals surface area contributed by atoms with Crippen LogP contribution in [0.4, 0.5) is 0 Å². The first-order chi connectivity index (χ1) is 4.36. The van der Waals surface area contributed by atoms with Gasteiger partial charge < -0.3 is 0 Å². The highest BCUT2D eigenvalue weighted by Crippen LogP contribution is 2.40. The van der Waals surface area contributed by atoms with E-state index in [9.17, 15) is 0 Å². The van der Waals surface area contributed by atoms with E-state index in [0.717, 1.165) is 11.8 Å². The maximum Gasteiger partial charge on any atom is -0.0292 e. The largest absolute Gasteiger partial charge is 0.0850 e. The lowest BCUT2D eigenvalue weighted by Crippen LogP contribution is -2.21. The maximum atomic E-state index is 2.47. The van der Waals surface area contributed by atoms with Crippen molar-refractivity contribution in [3.05, 3.63) is 11.6 Å². The third kappa shape index (κ3) is 0.810. The van der Waals surface area contributed by atoms with E-state index in [-0.39, 0.29) is 0 Å². The van der Waals surface area contributed by atoms with Gasteiger partial charge in [0.1, 0.15) is 0 Å². The third-order valence-electron chi connectivity index (χ3n) is 2.93. The molecule has 2 unspecified atom stereocenters. The van der Waals surface area contributed by atoms with Crippen molar-refractivity contribution < 1.29 is 0 Å². The van der Waals surface area contributed by atoms with Crippen LogP contribution in [0.25, 0.3) is 0 Å². The van der Waals surface area contributed by atoms with E-state index < -0.39 is 0 Å². The van der Waals surface area contributed by atoms with E-state index in [0.29, 0.717) is 0 Å². The van der Waals surface area contributed by atoms with Gasteiger partial charge in [-0.05, 0) is 37.5 Å². The van der Waals surface area contributed by atoms with Gasteiger partial charge in [-0.1, -0.05) is 18.6 Å². The van der Waals surface area contributed by atoms with Gasteiger partial charge in [0.05, 0.1) is 0 Å². The maximum absolute atomic E-state index is 2.47. The summed E-state index contributed by atoms with van der Waals surface area (Å²) >= 11 is 0. The summed E-state index contributed by atoms with van der Waals surface area (Å²) < 4.78 is 0. The van der Waals surface area contributed by atoms with E-state index >= 15 is 0 Å². The Morgan fingerprint density at radius 3 is 2.67 bits per heavy atom. The molecule has 0 amide bonds. The van der Waals surface area contributed by atoms with E-state index in [1.807, 2.05) is 0 Å². The second kappa shape index (κ2) is 1.86. The van der Waals surface area contributed by atoms with Crippen LogP contribution in [0, 0.1) is 11.8 Å². The molecular weight excluding hydrogens is 108 g/mol. The highest BCUT2D eigenvalue weighted by molar-refractivity contribution is 5.12. The summed E-state index contributed by atoms with van der Waals surface area (Å²) in [6.07, 6.45) is 8.15. The Balaban J connectivity index is 2.21. The molecule has 3 aliphatic rings. The average Bonchev–Trinajstić information content (AvgIpc) is 1.90. The molecule has 9 heavy (non-hydrogen) atoms. The lowest BCUT2D eigenvalue weighted by atomic mass is 9.71. The van der Waals surface area contributed by atoms with Crippen LogP contribution in [0.1, 0.15) is 32.6 Å². The fraction of sp³-hybridized carbons (Fsp3) is 0.778. The number of hydrogen-bond acceptors (Lipinski definition) is 0. The molecule has 3 aliphatic carbocycles. The van der Waals surface area contributed by atoms with Crippen LogP contribution in [0.3, 0.4) is 0 Å². The normalized spacial score (nSPS) is 40.8. The Hall–Kier alpha value is -0.260. The topological polar surface area (TPSA) is 0 Å². The van der Waals surface area contributed by atoms with Crippen molar-refractivity contribution in [2.75, 3.05) is 0 Å². The summed E-state index contributed by atoms with van der Waals surface area (Å²) in [5.41, 5.74) is 1.74. The Bertz CT molecular complexity index is 144. The standard InChI is InChI=1S/C9H14/c1-7-6-8-2-4-9(7)5-3-8/h2,7,9H,3-6H2,1H3. The first kappa shape index (κ1) is 5.52. The predicted octanol–water partition coefficient (Wildman–Crippen LogP) is 2.75. The molecule has 50 valence electrons. The van der Waals surface area contributed by atoms with E-state index in [4.69, 9.17) is 0 Å². The van der Waals surface area contributed by atoms with Crippen LogP contribution in [0.15, 0.2) is 11.6 Å². The Morgan fingerprint density at radius 1 is 1.56 bits per heavy atom. The van der Waals surface area contributed by atoms with Gasteiger partial charge in [-0.15, -0.1) is 0 Å². The van der Waals surface area contributed by atoms with E-state index in [1.54, 1.807) is 5.57 Å². The summed E-state index contributed by atoms with van der Waals surface area (Å²) in [6.45, 7) is 2.40. The monoisotopic (exact) mass is 122 g/mol. The van der Waals surface area contributed by atoms with Crippen LogP contribution in [0.2, 0.25) is 0 Å². The zero-order valence-electron chi connectivity index (χ0n) is 6.06. The van der Waals surface area contributed by atoms with Gasteiger partial charge in [0.2, 0.25) is 0 Å². The highest BCUT2D eigenvalue weighted by Gasteiger charge is 2.26. The summed E-state index contributed by atoms with van der Waals surface area (Å²) in [5.74, 6) is 2.04. The number of allylic oxidation sites excluding steroid dienone is 2. The van der Waals surface area contributed by atoms with Crippen molar-refractivity contribution in [3.8, 4) is 0 Å². The van der Waals surface area contributed by atoms with Gasteiger partial charge >= 0.3 is 0 Å². The molecule has 0 heteroatoms. The molecule has 0 nitrogen and oxygen atoms in total. The van der Waals surface area contributed by atoms with Crippen molar-refractivity contribution in [2.24, 2.45) is 11.8 Å². The highest BCUT2D eigenvalue weighted by atomic mass is 14.3. The van der Waals surface area contributed by atoms with Gasteiger partial charge in [0, 0.05) is 0 Å². The summed E-state index contributed by atoms with van der Waals surface area (Å²) in [5, 5.41) is 0. The summed E-state index contributed by atoms with van der Waals surface area (Å²) in [6, 6.07) is 0. The van der Waals surface area contributed by atoms with Crippen LogP contribution >= 0.6 is 0 Å². The number of rotatable bonds is 0. The van der Waals surface area contributed by atoms with E-state index in [2.05, 4.69) is 13.0 Å². The minimum atomic E-state index is 0.999. The Kier molecular flexibility index (Phi) is 1.14. The van der Waals surface area contributed by atoms with Crippen molar-refractivity contribution >= 4 is 0 Å². The summed E-state index contributed by atoms with van der Waals surface area (Å²) in [7, 11) is 0. The average molecular weight is 122 g/mol. The molecule has 0 heterocycles. The molecule has 3 rings (SSSR count). The first-order valence-electron chi connectivity index (χ1n) is 4.04. The fourth-order valence-corrected chi connectivity index (χ4v) is 2.19. The molecule has 2 bridgehead atoms. The molecule has 0 N–H and O–H groups in total. The molecule has 0 radical (unpaired) electrons. The summed E-state index contributed by atoms with van der Waals surface area (Å²) in [4.78, 5) is 0. The van der Waals surface area contributed by atoms with Crippen molar-refractivity contribution in [2.45, 2.75) is 32.6 Å². The fourth-order valence-electron chi connectivity index (χ4n) is 2.19. The molecule has 1 saturated carbocycles. The molecule has 0 aliphatic heterocycles. The number of fused-ring (bicyclic) bond motifs is 3. The quantitative estimate of drug-likeness (QED) is 0.433. The second-order valence-electron chi connectivity index (χ2n) is 3.58. The minimum absolute atomic E-state index is 0.999. The van der Waals surface area contributed by atoms with Gasteiger partial charge in [0.25, 0.3) is 0 Å². The molecule has 0 saturated heterocycles. The predicted molar refractivity (Wildman–Crippen MR) is 39.2 cm³/mol. The molecule has 0 aromatic rings. The van der Waals surface area contributed by atoms with Crippen LogP contribution in [0.5, 0.6) is 0 Å². The number of hydrogen-bond donors (Lipinski definition) is 0. The Labute approximate surface area is 57.0 Å². The van der Waals surface area contributed by atoms with Crippen LogP contribution < -0.4 is 0 Å². The van der Waals surface area contributed by atoms with Gasteiger partial charge in [0.15, 0.2) is 0 Å². The first-order valence-corrected chi connectivity index (χ1v) is 4.04. The van der Waals surface area contributed by atoms with Gasteiger partial charge in [-0.25, -0.2) is 0 Å². The molecular formula is C9H14.